The van der Waals surface area contributed by atoms with Gasteiger partial charge in [-0.25, -0.2) is 0 Å². The number of aryl methyl sites for hydroxylation is 1. The van der Waals surface area contributed by atoms with Gasteiger partial charge in [0.05, 0.1) is 24.0 Å². The lowest BCUT2D eigenvalue weighted by molar-refractivity contribution is -0.00684. The number of nitrogens with zero attached hydrogens (tertiary/aromatic N) is 2. The largest absolute Gasteiger partial charge is 0.488 e. The van der Waals surface area contributed by atoms with E-state index in [1.54, 1.807) is 6.20 Å². The minimum Gasteiger partial charge on any atom is -0.488 e. The summed E-state index contributed by atoms with van der Waals surface area (Å²) in [4.78, 5) is 4.34. The smallest absolute Gasteiger partial charge is 0.142 e. The van der Waals surface area contributed by atoms with Crippen molar-refractivity contribution in [2.45, 2.75) is 19.8 Å². The first-order valence-electron chi connectivity index (χ1n) is 9.58. The predicted molar refractivity (Wildman–Crippen MR) is 114 cm³/mol. The normalized spacial score (nSPS) is 12.2. The summed E-state index contributed by atoms with van der Waals surface area (Å²) in [6, 6.07) is 18.3. The summed E-state index contributed by atoms with van der Waals surface area (Å²) in [5.74, 6) is 0.704. The number of H-pyrrole nitrogens is 1. The summed E-state index contributed by atoms with van der Waals surface area (Å²) in [5, 5.41) is 11.5. The van der Waals surface area contributed by atoms with Crippen molar-refractivity contribution in [2.24, 2.45) is 0 Å². The van der Waals surface area contributed by atoms with Crippen molar-refractivity contribution in [3.05, 3.63) is 78.2 Å². The molecule has 1 atom stereocenters. The maximum atomic E-state index is 5.94. The number of hydrogen-bond acceptors (Lipinski definition) is 5. The van der Waals surface area contributed by atoms with Crippen molar-refractivity contribution in [1.29, 1.82) is 0 Å². The van der Waals surface area contributed by atoms with Gasteiger partial charge in [-0.2, -0.15) is 5.10 Å². The van der Waals surface area contributed by atoms with E-state index in [9.17, 15) is 0 Å². The lowest BCUT2D eigenvalue weighted by atomic mass is 10.0. The molecule has 0 aliphatic heterocycles. The van der Waals surface area contributed by atoms with Crippen LogP contribution < -0.4 is 10.1 Å². The third-order valence-electron chi connectivity index (χ3n) is 4.82. The van der Waals surface area contributed by atoms with Gasteiger partial charge in [0, 0.05) is 17.1 Å². The van der Waals surface area contributed by atoms with Crippen LogP contribution in [0.3, 0.4) is 0 Å². The van der Waals surface area contributed by atoms with E-state index in [4.69, 9.17) is 9.47 Å². The Morgan fingerprint density at radius 1 is 1.03 bits per heavy atom. The Bertz CT molecular complexity index is 1080. The highest BCUT2D eigenvalue weighted by molar-refractivity contribution is 5.86. The molecular weight excluding hydrogens is 364 g/mol. The highest BCUT2D eigenvalue weighted by Crippen LogP contribution is 2.27. The third-order valence-corrected chi connectivity index (χ3v) is 4.82. The van der Waals surface area contributed by atoms with Gasteiger partial charge in [-0.1, -0.05) is 36.4 Å². The van der Waals surface area contributed by atoms with E-state index in [2.05, 4.69) is 32.6 Å². The van der Waals surface area contributed by atoms with Crippen molar-refractivity contribution in [3.63, 3.8) is 0 Å². The average molecular weight is 388 g/mol. The second-order valence-corrected chi connectivity index (χ2v) is 6.86. The molecule has 0 unspecified atom stereocenters. The van der Waals surface area contributed by atoms with E-state index in [1.807, 2.05) is 62.6 Å². The summed E-state index contributed by atoms with van der Waals surface area (Å²) in [6.45, 7) is 2.90. The van der Waals surface area contributed by atoms with E-state index in [0.29, 0.717) is 19.0 Å². The van der Waals surface area contributed by atoms with Gasteiger partial charge in [0.1, 0.15) is 18.6 Å². The molecule has 0 fully saturated rings. The highest BCUT2D eigenvalue weighted by atomic mass is 16.5. The van der Waals surface area contributed by atoms with Crippen LogP contribution in [-0.2, 0) is 11.3 Å². The van der Waals surface area contributed by atoms with Crippen molar-refractivity contribution in [2.75, 3.05) is 13.7 Å². The van der Waals surface area contributed by atoms with E-state index in [1.165, 1.54) is 0 Å². The third kappa shape index (κ3) is 4.62. The van der Waals surface area contributed by atoms with Gasteiger partial charge < -0.3 is 9.47 Å². The molecule has 0 amide bonds. The standard InChI is InChI=1S/C23H24N4O2/c1-16-21-11-18(8-9-22(21)27-26-16)19-10-20(13-25-12-19)28-15-23(24-2)29-14-17-6-4-3-5-7-17/h3-13,23-24H,14-15H2,1-2H3,(H,26,27)/t23-/m0/s1. The van der Waals surface area contributed by atoms with Crippen LogP contribution in [0.1, 0.15) is 11.3 Å². The number of rotatable bonds is 8. The zero-order valence-corrected chi connectivity index (χ0v) is 16.6. The Morgan fingerprint density at radius 3 is 2.72 bits per heavy atom. The molecule has 2 heterocycles. The molecule has 0 radical (unpaired) electrons. The number of benzene rings is 2. The quantitative estimate of drug-likeness (QED) is 0.445. The maximum Gasteiger partial charge on any atom is 0.142 e. The van der Waals surface area contributed by atoms with Gasteiger partial charge in [0.2, 0.25) is 0 Å². The number of aromatic amines is 1. The lowest BCUT2D eigenvalue weighted by Crippen LogP contribution is -2.34. The first-order chi connectivity index (χ1) is 14.2. The van der Waals surface area contributed by atoms with E-state index < -0.39 is 0 Å². The fourth-order valence-electron chi connectivity index (χ4n) is 3.14. The summed E-state index contributed by atoms with van der Waals surface area (Å²) in [7, 11) is 1.86. The van der Waals surface area contributed by atoms with Gasteiger partial charge in [0.25, 0.3) is 0 Å². The topological polar surface area (TPSA) is 72.1 Å². The number of likely N-dealkylation sites (N-methyl/N-ethyl adjacent to an activating group) is 1. The molecule has 148 valence electrons. The molecule has 0 spiro atoms. The molecule has 0 aliphatic carbocycles. The molecular formula is C23H24N4O2. The van der Waals surface area contributed by atoms with Crippen LogP contribution in [0.25, 0.3) is 22.0 Å². The summed E-state index contributed by atoms with van der Waals surface area (Å²) < 4.78 is 11.8. The van der Waals surface area contributed by atoms with Crippen molar-refractivity contribution >= 4 is 10.9 Å². The number of nitrogens with one attached hydrogen (secondary N) is 2. The minimum absolute atomic E-state index is 0.219. The first-order valence-corrected chi connectivity index (χ1v) is 9.58. The molecule has 2 aromatic heterocycles. The van der Waals surface area contributed by atoms with Gasteiger partial charge in [0.15, 0.2) is 0 Å². The fraction of sp³-hybridized carbons (Fsp3) is 0.217. The van der Waals surface area contributed by atoms with Crippen LogP contribution in [-0.4, -0.2) is 35.1 Å². The fourth-order valence-corrected chi connectivity index (χ4v) is 3.14. The average Bonchev–Trinajstić information content (AvgIpc) is 3.15. The Kier molecular flexibility index (Phi) is 5.84. The van der Waals surface area contributed by atoms with Crippen molar-refractivity contribution < 1.29 is 9.47 Å². The predicted octanol–water partition coefficient (Wildman–Crippen LogP) is 4.07. The van der Waals surface area contributed by atoms with Crippen LogP contribution in [0.4, 0.5) is 0 Å². The number of aromatic nitrogens is 3. The maximum absolute atomic E-state index is 5.94. The van der Waals surface area contributed by atoms with E-state index >= 15 is 0 Å². The summed E-state index contributed by atoms with van der Waals surface area (Å²) in [5.41, 5.74) is 5.21. The second kappa shape index (κ2) is 8.86. The first kappa shape index (κ1) is 19.1. The molecule has 0 bridgehead atoms. The molecule has 0 aliphatic rings. The number of hydrogen-bond donors (Lipinski definition) is 2. The number of pyridine rings is 1. The zero-order valence-electron chi connectivity index (χ0n) is 16.6. The molecule has 2 aromatic carbocycles. The Morgan fingerprint density at radius 2 is 1.90 bits per heavy atom. The Balaban J connectivity index is 1.41. The molecule has 0 saturated heterocycles. The molecule has 29 heavy (non-hydrogen) atoms. The minimum atomic E-state index is -0.219. The monoisotopic (exact) mass is 388 g/mol. The van der Waals surface area contributed by atoms with Crippen molar-refractivity contribution in [1.82, 2.24) is 20.5 Å². The van der Waals surface area contributed by atoms with E-state index in [0.717, 1.165) is 33.3 Å². The van der Waals surface area contributed by atoms with Crippen LogP contribution in [0.5, 0.6) is 5.75 Å². The molecule has 4 aromatic rings. The Hall–Kier alpha value is -3.22. The zero-order chi connectivity index (χ0) is 20.1. The van der Waals surface area contributed by atoms with Gasteiger partial charge >= 0.3 is 0 Å². The van der Waals surface area contributed by atoms with Gasteiger partial charge in [-0.3, -0.25) is 15.4 Å². The molecule has 6 nitrogen and oxygen atoms in total. The van der Waals surface area contributed by atoms with Crippen LogP contribution in [0.2, 0.25) is 0 Å². The summed E-state index contributed by atoms with van der Waals surface area (Å²) >= 11 is 0. The molecule has 2 N–H and O–H groups in total. The SMILES string of the molecule is CN[C@H](COc1cncc(-c2ccc3[nH]nc(C)c3c2)c1)OCc1ccccc1. The molecule has 0 saturated carbocycles. The molecule has 6 heteroatoms. The Labute approximate surface area is 169 Å². The summed E-state index contributed by atoms with van der Waals surface area (Å²) in [6.07, 6.45) is 3.34. The van der Waals surface area contributed by atoms with E-state index in [-0.39, 0.29) is 6.23 Å². The van der Waals surface area contributed by atoms with Crippen LogP contribution in [0.15, 0.2) is 67.0 Å². The number of ether oxygens (including phenoxy) is 2. The highest BCUT2D eigenvalue weighted by Gasteiger charge is 2.10. The number of fused-ring (bicyclic) bond motifs is 1. The second-order valence-electron chi connectivity index (χ2n) is 6.86. The van der Waals surface area contributed by atoms with Crippen LogP contribution >= 0.6 is 0 Å². The van der Waals surface area contributed by atoms with Crippen LogP contribution in [0, 0.1) is 6.92 Å². The van der Waals surface area contributed by atoms with Gasteiger partial charge in [-0.15, -0.1) is 0 Å². The molecule has 4 rings (SSSR count). The van der Waals surface area contributed by atoms with Gasteiger partial charge in [-0.05, 0) is 43.3 Å². The van der Waals surface area contributed by atoms with Crippen molar-refractivity contribution in [3.8, 4) is 16.9 Å². The lowest BCUT2D eigenvalue weighted by Gasteiger charge is -2.18.